The molecule has 0 spiro atoms. The normalized spacial score (nSPS) is 23.1. The van der Waals surface area contributed by atoms with Gasteiger partial charge in [0.15, 0.2) is 0 Å². The molecule has 5 heteroatoms. The summed E-state index contributed by atoms with van der Waals surface area (Å²) in [6.45, 7) is 4.32. The van der Waals surface area contributed by atoms with E-state index < -0.39 is 0 Å². The van der Waals surface area contributed by atoms with Crippen molar-refractivity contribution in [2.45, 2.75) is 44.8 Å². The molecule has 106 valence electrons. The minimum absolute atomic E-state index is 0.530. The van der Waals surface area contributed by atoms with Crippen LogP contribution in [0.15, 0.2) is 24.5 Å². The zero-order valence-electron chi connectivity index (χ0n) is 11.8. The van der Waals surface area contributed by atoms with Gasteiger partial charge in [-0.15, -0.1) is 0 Å². The van der Waals surface area contributed by atoms with E-state index in [-0.39, 0.29) is 0 Å². The minimum atomic E-state index is 0.530. The first-order valence-electron chi connectivity index (χ1n) is 7.65. The summed E-state index contributed by atoms with van der Waals surface area (Å²) in [7, 11) is 0. The predicted octanol–water partition coefficient (Wildman–Crippen LogP) is 1.86. The van der Waals surface area contributed by atoms with E-state index in [0.29, 0.717) is 6.04 Å². The number of likely N-dealkylation sites (tertiary alicyclic amines) is 1. The van der Waals surface area contributed by atoms with E-state index in [0.717, 1.165) is 26.2 Å². The molecule has 4 rings (SSSR count). The van der Waals surface area contributed by atoms with Crippen LogP contribution in [-0.2, 0) is 19.5 Å². The van der Waals surface area contributed by atoms with Crippen molar-refractivity contribution in [1.82, 2.24) is 24.5 Å². The maximum atomic E-state index is 4.75. The van der Waals surface area contributed by atoms with Crippen LogP contribution >= 0.6 is 0 Å². The Bertz CT molecular complexity index is 548. The second-order valence-electron chi connectivity index (χ2n) is 5.97. The molecule has 0 aromatic carbocycles. The van der Waals surface area contributed by atoms with Crippen molar-refractivity contribution >= 4 is 0 Å². The third-order valence-corrected chi connectivity index (χ3v) is 4.50. The molecule has 2 aliphatic heterocycles. The number of hydrogen-bond donors (Lipinski definition) is 0. The van der Waals surface area contributed by atoms with Crippen LogP contribution in [0.1, 0.15) is 36.7 Å². The summed E-state index contributed by atoms with van der Waals surface area (Å²) in [5.74, 6) is 0. The van der Waals surface area contributed by atoms with Crippen LogP contribution in [0.5, 0.6) is 0 Å². The second-order valence-corrected chi connectivity index (χ2v) is 5.97. The van der Waals surface area contributed by atoms with Gasteiger partial charge in [-0.3, -0.25) is 14.3 Å². The van der Waals surface area contributed by atoms with E-state index in [1.54, 1.807) is 0 Å². The molecule has 0 aliphatic carbocycles. The van der Waals surface area contributed by atoms with Gasteiger partial charge in [-0.1, -0.05) is 0 Å². The van der Waals surface area contributed by atoms with Gasteiger partial charge in [-0.05, 0) is 37.8 Å². The number of aryl methyl sites for hydroxylation is 2. The van der Waals surface area contributed by atoms with E-state index in [4.69, 9.17) is 5.10 Å². The van der Waals surface area contributed by atoms with Crippen molar-refractivity contribution in [2.75, 3.05) is 13.1 Å². The molecule has 0 saturated carbocycles. The molecule has 4 heterocycles. The fourth-order valence-corrected chi connectivity index (χ4v) is 3.45. The Kier molecular flexibility index (Phi) is 3.07. The number of aromatic nitrogens is 4. The second kappa shape index (κ2) is 5.05. The lowest BCUT2D eigenvalue weighted by Crippen LogP contribution is -2.21. The van der Waals surface area contributed by atoms with Crippen molar-refractivity contribution in [1.29, 1.82) is 0 Å². The van der Waals surface area contributed by atoms with Gasteiger partial charge in [-0.25, -0.2) is 0 Å². The summed E-state index contributed by atoms with van der Waals surface area (Å²) in [6, 6.07) is 4.84. The molecule has 1 atom stereocenters. The molecule has 2 aromatic rings. The topological polar surface area (TPSA) is 38.9 Å². The smallest absolute Gasteiger partial charge is 0.0767 e. The summed E-state index contributed by atoms with van der Waals surface area (Å²) < 4.78 is 4.30. The van der Waals surface area contributed by atoms with Crippen LogP contribution < -0.4 is 0 Å². The highest BCUT2D eigenvalue weighted by Crippen LogP contribution is 2.23. The Morgan fingerprint density at radius 1 is 1.25 bits per heavy atom. The summed E-state index contributed by atoms with van der Waals surface area (Å²) in [5.41, 5.74) is 2.66. The highest BCUT2D eigenvalue weighted by Gasteiger charge is 2.25. The minimum Gasteiger partial charge on any atom is -0.295 e. The Hall–Kier alpha value is -1.62. The first kappa shape index (κ1) is 12.1. The lowest BCUT2D eigenvalue weighted by Gasteiger charge is -2.14. The fourth-order valence-electron chi connectivity index (χ4n) is 3.45. The molecule has 1 saturated heterocycles. The van der Waals surface area contributed by atoms with E-state index in [2.05, 4.69) is 31.6 Å². The van der Waals surface area contributed by atoms with Crippen LogP contribution in [0.3, 0.4) is 0 Å². The van der Waals surface area contributed by atoms with Crippen molar-refractivity contribution in [3.63, 3.8) is 0 Å². The maximum absolute atomic E-state index is 4.75. The lowest BCUT2D eigenvalue weighted by molar-refractivity contribution is 0.306. The maximum Gasteiger partial charge on any atom is 0.0767 e. The van der Waals surface area contributed by atoms with Crippen LogP contribution in [0.2, 0.25) is 0 Å². The molecule has 0 radical (unpaired) electrons. The van der Waals surface area contributed by atoms with Crippen LogP contribution in [0, 0.1) is 0 Å². The standard InChI is InChI=1S/C15H21N5/c1-2-7-20-14(4-1)10-13(17-20)11-18-9-5-15(12-18)19-8-3-6-16-19/h3,6,8,10,15H,1-2,4-5,7,9,11-12H2. The van der Waals surface area contributed by atoms with E-state index in [1.807, 2.05) is 12.3 Å². The molecule has 1 unspecified atom stereocenters. The number of hydrogen-bond acceptors (Lipinski definition) is 3. The zero-order chi connectivity index (χ0) is 13.4. The molecule has 20 heavy (non-hydrogen) atoms. The van der Waals surface area contributed by atoms with Gasteiger partial charge >= 0.3 is 0 Å². The van der Waals surface area contributed by atoms with Crippen LogP contribution in [-0.4, -0.2) is 37.6 Å². The quantitative estimate of drug-likeness (QED) is 0.855. The molecule has 0 N–H and O–H groups in total. The predicted molar refractivity (Wildman–Crippen MR) is 76.3 cm³/mol. The molecular formula is C15H21N5. The SMILES string of the molecule is c1cnn(C2CCN(Cc3cc4n(n3)CCCC4)C2)c1. The molecular weight excluding hydrogens is 250 g/mol. The molecule has 1 fully saturated rings. The average Bonchev–Trinajstić information content (AvgIpc) is 3.18. The Labute approximate surface area is 119 Å². The summed E-state index contributed by atoms with van der Waals surface area (Å²) in [4.78, 5) is 2.50. The molecule has 0 bridgehead atoms. The van der Waals surface area contributed by atoms with E-state index in [1.165, 1.54) is 37.1 Å². The Balaban J connectivity index is 1.41. The zero-order valence-corrected chi connectivity index (χ0v) is 11.8. The summed E-state index contributed by atoms with van der Waals surface area (Å²) in [6.07, 6.45) is 8.92. The highest BCUT2D eigenvalue weighted by molar-refractivity contribution is 5.12. The van der Waals surface area contributed by atoms with Crippen LogP contribution in [0.25, 0.3) is 0 Å². The highest BCUT2D eigenvalue weighted by atomic mass is 15.3. The third-order valence-electron chi connectivity index (χ3n) is 4.50. The third kappa shape index (κ3) is 2.26. The molecule has 5 nitrogen and oxygen atoms in total. The molecule has 2 aliphatic rings. The van der Waals surface area contributed by atoms with Gasteiger partial charge in [0.25, 0.3) is 0 Å². The van der Waals surface area contributed by atoms with Gasteiger partial charge < -0.3 is 0 Å². The summed E-state index contributed by atoms with van der Waals surface area (Å²) >= 11 is 0. The van der Waals surface area contributed by atoms with Gasteiger partial charge in [0, 0.05) is 44.3 Å². The number of nitrogens with zero attached hydrogens (tertiary/aromatic N) is 5. The molecule has 0 amide bonds. The van der Waals surface area contributed by atoms with Gasteiger partial charge in [-0.2, -0.15) is 10.2 Å². The first-order chi connectivity index (χ1) is 9.88. The van der Waals surface area contributed by atoms with Crippen molar-refractivity contribution in [2.24, 2.45) is 0 Å². The van der Waals surface area contributed by atoms with Gasteiger partial charge in [0.1, 0.15) is 0 Å². The monoisotopic (exact) mass is 271 g/mol. The Morgan fingerprint density at radius 3 is 3.10 bits per heavy atom. The van der Waals surface area contributed by atoms with Gasteiger partial charge in [0.2, 0.25) is 0 Å². The number of rotatable bonds is 3. The fraction of sp³-hybridized carbons (Fsp3) is 0.600. The first-order valence-corrected chi connectivity index (χ1v) is 7.65. The lowest BCUT2D eigenvalue weighted by atomic mass is 10.1. The largest absolute Gasteiger partial charge is 0.295 e. The number of fused-ring (bicyclic) bond motifs is 1. The van der Waals surface area contributed by atoms with Crippen molar-refractivity contribution in [3.8, 4) is 0 Å². The van der Waals surface area contributed by atoms with E-state index in [9.17, 15) is 0 Å². The van der Waals surface area contributed by atoms with Gasteiger partial charge in [0.05, 0.1) is 11.7 Å². The van der Waals surface area contributed by atoms with Crippen molar-refractivity contribution < 1.29 is 0 Å². The van der Waals surface area contributed by atoms with Crippen LogP contribution in [0.4, 0.5) is 0 Å². The summed E-state index contributed by atoms with van der Waals surface area (Å²) in [5, 5.41) is 9.12. The Morgan fingerprint density at radius 2 is 2.25 bits per heavy atom. The average molecular weight is 271 g/mol. The molecule has 2 aromatic heterocycles. The van der Waals surface area contributed by atoms with E-state index >= 15 is 0 Å². The van der Waals surface area contributed by atoms with Crippen molar-refractivity contribution in [3.05, 3.63) is 35.9 Å².